The van der Waals surface area contributed by atoms with E-state index in [0.717, 1.165) is 0 Å². The first-order valence-electron chi connectivity index (χ1n) is 8.28. The van der Waals surface area contributed by atoms with Crippen molar-refractivity contribution in [3.63, 3.8) is 0 Å². The van der Waals surface area contributed by atoms with E-state index in [2.05, 4.69) is 5.32 Å². The van der Waals surface area contributed by atoms with Gasteiger partial charge < -0.3 is 9.73 Å². The van der Waals surface area contributed by atoms with E-state index in [-0.39, 0.29) is 36.2 Å². The second-order valence-corrected chi connectivity index (χ2v) is 7.45. The minimum absolute atomic E-state index is 0.0976. The van der Waals surface area contributed by atoms with Gasteiger partial charge in [-0.1, -0.05) is 36.1 Å². The molecule has 1 aliphatic rings. The van der Waals surface area contributed by atoms with Crippen LogP contribution in [0, 0.1) is 10.1 Å². The van der Waals surface area contributed by atoms with Gasteiger partial charge in [0.1, 0.15) is 15.8 Å². The Labute approximate surface area is 169 Å². The molecule has 1 aromatic carbocycles. The normalized spacial score (nSPS) is 15.3. The monoisotopic (exact) mass is 417 g/mol. The van der Waals surface area contributed by atoms with Crippen molar-refractivity contribution in [3.05, 3.63) is 63.4 Å². The number of furan rings is 1. The molecule has 0 bridgehead atoms. The lowest BCUT2D eigenvalue weighted by atomic mass is 10.2. The molecular weight excluding hydrogens is 402 g/mol. The van der Waals surface area contributed by atoms with Crippen LogP contribution in [0.4, 0.5) is 11.4 Å². The third-order valence-electron chi connectivity index (χ3n) is 3.85. The number of thioether (sulfide) groups is 1. The number of benzene rings is 1. The molecule has 1 aromatic heterocycles. The molecule has 0 spiro atoms. The Morgan fingerprint density at radius 2 is 2.11 bits per heavy atom. The number of carbonyl (C=O) groups excluding carboxylic acids is 2. The Hall–Kier alpha value is -2.98. The summed E-state index contributed by atoms with van der Waals surface area (Å²) in [7, 11) is 0. The molecule has 28 heavy (non-hydrogen) atoms. The van der Waals surface area contributed by atoms with E-state index in [4.69, 9.17) is 16.6 Å². The van der Waals surface area contributed by atoms with Gasteiger partial charge in [0.05, 0.1) is 16.1 Å². The molecule has 1 aliphatic heterocycles. The van der Waals surface area contributed by atoms with Crippen molar-refractivity contribution in [2.45, 2.75) is 12.8 Å². The number of para-hydroxylation sites is 2. The summed E-state index contributed by atoms with van der Waals surface area (Å²) in [5.74, 6) is -0.0410. The molecule has 2 heterocycles. The highest BCUT2D eigenvalue weighted by Gasteiger charge is 2.31. The lowest BCUT2D eigenvalue weighted by Crippen LogP contribution is -2.29. The molecule has 2 amide bonds. The molecule has 0 atom stereocenters. The van der Waals surface area contributed by atoms with Gasteiger partial charge in [0, 0.05) is 25.1 Å². The maximum absolute atomic E-state index is 12.5. The fraction of sp³-hybridized carbons (Fsp3) is 0.167. The summed E-state index contributed by atoms with van der Waals surface area (Å²) in [6, 6.07) is 9.38. The second kappa shape index (κ2) is 8.81. The van der Waals surface area contributed by atoms with E-state index in [1.165, 1.54) is 41.1 Å². The van der Waals surface area contributed by atoms with Gasteiger partial charge in [-0.2, -0.15) is 0 Å². The smallest absolute Gasteiger partial charge is 0.292 e. The van der Waals surface area contributed by atoms with Crippen molar-refractivity contribution in [2.24, 2.45) is 0 Å². The number of nitrogens with one attached hydrogen (secondary N) is 1. The fourth-order valence-corrected chi connectivity index (χ4v) is 3.83. The van der Waals surface area contributed by atoms with Crippen LogP contribution in [0.15, 0.2) is 52.0 Å². The molecule has 0 radical (unpaired) electrons. The van der Waals surface area contributed by atoms with Crippen LogP contribution < -0.4 is 5.32 Å². The Morgan fingerprint density at radius 1 is 1.32 bits per heavy atom. The minimum Gasteiger partial charge on any atom is -0.465 e. The van der Waals surface area contributed by atoms with E-state index in [9.17, 15) is 19.7 Å². The van der Waals surface area contributed by atoms with Gasteiger partial charge in [0.25, 0.3) is 11.6 Å². The quantitative estimate of drug-likeness (QED) is 0.316. The molecule has 8 nitrogen and oxygen atoms in total. The standard InChI is InChI=1S/C18H15N3O5S2/c22-16(19-13-6-1-2-7-14(13)21(24)25)8-3-9-20-17(23)15(28-18(20)27)11-12-5-4-10-26-12/h1-2,4-7,10-11H,3,8-9H2,(H,19,22)/b15-11+. The number of nitro groups is 1. The van der Waals surface area contributed by atoms with E-state index < -0.39 is 4.92 Å². The Balaban J connectivity index is 1.54. The van der Waals surface area contributed by atoms with Crippen molar-refractivity contribution in [3.8, 4) is 0 Å². The van der Waals surface area contributed by atoms with Crippen LogP contribution in [0.25, 0.3) is 6.08 Å². The third kappa shape index (κ3) is 4.65. The molecule has 0 unspecified atom stereocenters. The summed E-state index contributed by atoms with van der Waals surface area (Å²) in [5.41, 5.74) is -0.0275. The largest absolute Gasteiger partial charge is 0.465 e. The van der Waals surface area contributed by atoms with Crippen LogP contribution in [0.1, 0.15) is 18.6 Å². The number of hydrogen-bond donors (Lipinski definition) is 1. The van der Waals surface area contributed by atoms with Crippen LogP contribution in [0.2, 0.25) is 0 Å². The summed E-state index contributed by atoms with van der Waals surface area (Å²) in [6.07, 6.45) is 3.61. The number of thiocarbonyl (C=S) groups is 1. The summed E-state index contributed by atoms with van der Waals surface area (Å²) in [6.45, 7) is 0.282. The number of hydrogen-bond acceptors (Lipinski definition) is 7. The van der Waals surface area contributed by atoms with Crippen molar-refractivity contribution in [1.29, 1.82) is 0 Å². The predicted molar refractivity (Wildman–Crippen MR) is 110 cm³/mol. The van der Waals surface area contributed by atoms with Crippen LogP contribution in [-0.2, 0) is 9.59 Å². The summed E-state index contributed by atoms with van der Waals surface area (Å²) >= 11 is 6.42. The van der Waals surface area contributed by atoms with E-state index >= 15 is 0 Å². The summed E-state index contributed by atoms with van der Waals surface area (Å²) in [5, 5.41) is 13.5. The van der Waals surface area contributed by atoms with Crippen molar-refractivity contribution in [1.82, 2.24) is 4.90 Å². The van der Waals surface area contributed by atoms with Gasteiger partial charge in [-0.25, -0.2) is 0 Å². The average Bonchev–Trinajstić information content (AvgIpc) is 3.26. The number of rotatable bonds is 7. The summed E-state index contributed by atoms with van der Waals surface area (Å²) < 4.78 is 5.62. The minimum atomic E-state index is -0.555. The maximum Gasteiger partial charge on any atom is 0.292 e. The van der Waals surface area contributed by atoms with Crippen molar-refractivity contribution in [2.75, 3.05) is 11.9 Å². The lowest BCUT2D eigenvalue weighted by Gasteiger charge is -2.14. The van der Waals surface area contributed by atoms with Gasteiger partial charge in [-0.3, -0.25) is 24.6 Å². The highest BCUT2D eigenvalue weighted by molar-refractivity contribution is 8.26. The van der Waals surface area contributed by atoms with Gasteiger partial charge in [-0.05, 0) is 24.6 Å². The zero-order chi connectivity index (χ0) is 20.1. The molecule has 0 aliphatic carbocycles. The van der Waals surface area contributed by atoms with E-state index in [1.54, 1.807) is 24.3 Å². The highest BCUT2D eigenvalue weighted by Crippen LogP contribution is 2.32. The Kier molecular flexibility index (Phi) is 6.22. The SMILES string of the molecule is O=C(CCCN1C(=O)/C(=C\c2ccco2)SC1=S)Nc1ccccc1[N+](=O)[O-]. The van der Waals surface area contributed by atoms with Gasteiger partial charge >= 0.3 is 0 Å². The number of anilines is 1. The molecule has 0 saturated carbocycles. The molecular formula is C18H15N3O5S2. The Bertz CT molecular complexity index is 956. The van der Waals surface area contributed by atoms with Crippen molar-refractivity contribution < 1.29 is 18.9 Å². The van der Waals surface area contributed by atoms with Crippen LogP contribution in [-0.4, -0.2) is 32.5 Å². The molecule has 10 heteroatoms. The fourth-order valence-electron chi connectivity index (χ4n) is 2.54. The van der Waals surface area contributed by atoms with E-state index in [1.807, 2.05) is 0 Å². The van der Waals surface area contributed by atoms with Crippen LogP contribution in [0.5, 0.6) is 0 Å². The summed E-state index contributed by atoms with van der Waals surface area (Å²) in [4.78, 5) is 36.9. The molecule has 3 rings (SSSR count). The van der Waals surface area contributed by atoms with Gasteiger partial charge in [-0.15, -0.1) is 0 Å². The second-order valence-electron chi connectivity index (χ2n) is 5.77. The topological polar surface area (TPSA) is 106 Å². The Morgan fingerprint density at radius 3 is 2.82 bits per heavy atom. The first-order chi connectivity index (χ1) is 13.5. The van der Waals surface area contributed by atoms with Crippen LogP contribution in [0.3, 0.4) is 0 Å². The average molecular weight is 417 g/mol. The molecule has 2 aromatic rings. The molecule has 144 valence electrons. The predicted octanol–water partition coefficient (Wildman–Crippen LogP) is 3.81. The number of nitro benzene ring substituents is 1. The van der Waals surface area contributed by atoms with Gasteiger partial charge in [0.15, 0.2) is 0 Å². The first kappa shape index (κ1) is 19.8. The molecule has 1 N–H and O–H groups in total. The van der Waals surface area contributed by atoms with Crippen LogP contribution >= 0.6 is 24.0 Å². The third-order valence-corrected chi connectivity index (χ3v) is 5.23. The zero-order valence-electron chi connectivity index (χ0n) is 14.5. The number of amides is 2. The first-order valence-corrected chi connectivity index (χ1v) is 9.50. The highest BCUT2D eigenvalue weighted by atomic mass is 32.2. The van der Waals surface area contributed by atoms with Gasteiger partial charge in [0.2, 0.25) is 5.91 Å². The number of carbonyl (C=O) groups is 2. The number of nitrogens with zero attached hydrogens (tertiary/aromatic N) is 2. The van der Waals surface area contributed by atoms with E-state index in [0.29, 0.717) is 21.4 Å². The lowest BCUT2D eigenvalue weighted by molar-refractivity contribution is -0.383. The molecule has 1 saturated heterocycles. The van der Waals surface area contributed by atoms with Crippen molar-refractivity contribution >= 4 is 57.6 Å². The zero-order valence-corrected chi connectivity index (χ0v) is 16.1. The maximum atomic E-state index is 12.5. The molecule has 1 fully saturated rings.